The zero-order valence-electron chi connectivity index (χ0n) is 14.6. The van der Waals surface area contributed by atoms with Gasteiger partial charge in [0.25, 0.3) is 0 Å². The van der Waals surface area contributed by atoms with E-state index in [9.17, 15) is 4.79 Å². The van der Waals surface area contributed by atoms with E-state index >= 15 is 0 Å². The van der Waals surface area contributed by atoms with E-state index < -0.39 is 0 Å². The number of hydrogen-bond donors (Lipinski definition) is 0. The molecule has 2 rings (SSSR count). The molecule has 3 heteroatoms. The van der Waals surface area contributed by atoms with Gasteiger partial charge in [-0.15, -0.1) is 11.8 Å². The molecule has 0 N–H and O–H groups in total. The van der Waals surface area contributed by atoms with E-state index in [1.807, 2.05) is 0 Å². The highest BCUT2D eigenvalue weighted by molar-refractivity contribution is 8.01. The van der Waals surface area contributed by atoms with Gasteiger partial charge in [-0.25, -0.2) is 0 Å². The molecule has 0 spiro atoms. The van der Waals surface area contributed by atoms with Crippen LogP contribution in [0.2, 0.25) is 0 Å². The summed E-state index contributed by atoms with van der Waals surface area (Å²) in [5, 5.41) is 0. The lowest BCUT2D eigenvalue weighted by Crippen LogP contribution is -2.34. The zero-order chi connectivity index (χ0) is 16.3. The number of thioether (sulfide) groups is 1. The number of amides is 1. The number of carbonyl (C=O) groups excluding carboxylic acids is 1. The maximum Gasteiger partial charge on any atom is 0.233 e. The Balaban J connectivity index is 1.98. The first-order chi connectivity index (χ1) is 10.3. The zero-order valence-corrected chi connectivity index (χ0v) is 15.4. The maximum atomic E-state index is 12.6. The van der Waals surface area contributed by atoms with Gasteiger partial charge in [-0.2, -0.15) is 0 Å². The van der Waals surface area contributed by atoms with Gasteiger partial charge in [0.15, 0.2) is 0 Å². The van der Waals surface area contributed by atoms with E-state index in [4.69, 9.17) is 0 Å². The number of hydrogen-bond acceptors (Lipinski definition) is 2. The molecule has 1 aromatic carbocycles. The van der Waals surface area contributed by atoms with Crippen molar-refractivity contribution in [3.63, 3.8) is 0 Å². The molecule has 1 saturated carbocycles. The molecule has 0 saturated heterocycles. The molecule has 1 amide bonds. The third-order valence-corrected chi connectivity index (χ3v) is 5.19. The lowest BCUT2D eigenvalue weighted by atomic mass is 10.0. The van der Waals surface area contributed by atoms with Crippen LogP contribution in [0.3, 0.4) is 0 Å². The molecule has 1 aromatic rings. The first kappa shape index (κ1) is 17.4. The quantitative estimate of drug-likeness (QED) is 0.748. The van der Waals surface area contributed by atoms with Crippen molar-refractivity contribution in [1.29, 1.82) is 0 Å². The summed E-state index contributed by atoms with van der Waals surface area (Å²) in [6.07, 6.45) is 2.33. The molecule has 1 fully saturated rings. The molecule has 0 aliphatic heterocycles. The van der Waals surface area contributed by atoms with Crippen molar-refractivity contribution in [3.05, 3.63) is 35.4 Å². The molecular weight excluding hydrogens is 290 g/mol. The maximum absolute atomic E-state index is 12.6. The number of rotatable bonds is 6. The first-order valence-electron chi connectivity index (χ1n) is 8.28. The summed E-state index contributed by atoms with van der Waals surface area (Å²) in [5.74, 6) is 1.43. The van der Waals surface area contributed by atoms with Crippen molar-refractivity contribution in [3.8, 4) is 0 Å². The minimum atomic E-state index is 0.143. The molecular formula is C19H29NOS. The SMILES string of the molecule is CC(C)c1ccc(CN(C(=O)CSC(C)(C)C)C2CC2)cc1. The molecule has 0 unspecified atom stereocenters. The van der Waals surface area contributed by atoms with Crippen molar-refractivity contribution in [2.75, 3.05) is 5.75 Å². The van der Waals surface area contributed by atoms with Gasteiger partial charge in [-0.05, 0) is 29.9 Å². The van der Waals surface area contributed by atoms with Gasteiger partial charge in [0.1, 0.15) is 0 Å². The average molecular weight is 320 g/mol. The molecule has 1 aliphatic rings. The van der Waals surface area contributed by atoms with Crippen molar-refractivity contribution in [1.82, 2.24) is 4.90 Å². The summed E-state index contributed by atoms with van der Waals surface area (Å²) in [7, 11) is 0. The summed E-state index contributed by atoms with van der Waals surface area (Å²) in [6.45, 7) is 11.7. The van der Waals surface area contributed by atoms with E-state index in [0.29, 0.717) is 17.7 Å². The molecule has 0 radical (unpaired) electrons. The van der Waals surface area contributed by atoms with Crippen LogP contribution in [0.4, 0.5) is 0 Å². The van der Waals surface area contributed by atoms with Crippen molar-refractivity contribution in [2.24, 2.45) is 0 Å². The molecule has 0 atom stereocenters. The first-order valence-corrected chi connectivity index (χ1v) is 9.27. The fourth-order valence-corrected chi connectivity index (χ4v) is 3.10. The van der Waals surface area contributed by atoms with E-state index in [1.165, 1.54) is 11.1 Å². The number of benzene rings is 1. The van der Waals surface area contributed by atoms with Crippen LogP contribution in [0.5, 0.6) is 0 Å². The van der Waals surface area contributed by atoms with E-state index in [0.717, 1.165) is 19.4 Å². The molecule has 1 aliphatic carbocycles. The molecule has 22 heavy (non-hydrogen) atoms. The Kier molecular flexibility index (Phi) is 5.60. The Labute approximate surface area is 139 Å². The van der Waals surface area contributed by atoms with Crippen molar-refractivity contribution < 1.29 is 4.79 Å². The van der Waals surface area contributed by atoms with E-state index in [1.54, 1.807) is 11.8 Å². The Morgan fingerprint density at radius 2 is 1.82 bits per heavy atom. The average Bonchev–Trinajstić information content (AvgIpc) is 3.26. The molecule has 122 valence electrons. The van der Waals surface area contributed by atoms with E-state index in [-0.39, 0.29) is 10.7 Å². The minimum Gasteiger partial charge on any atom is -0.335 e. The molecule has 0 bridgehead atoms. The smallest absolute Gasteiger partial charge is 0.233 e. The summed E-state index contributed by atoms with van der Waals surface area (Å²) in [6, 6.07) is 9.21. The second kappa shape index (κ2) is 7.08. The van der Waals surface area contributed by atoms with Gasteiger partial charge in [0.2, 0.25) is 5.91 Å². The van der Waals surface area contributed by atoms with Crippen molar-refractivity contribution in [2.45, 2.75) is 70.7 Å². The van der Waals surface area contributed by atoms with Gasteiger partial charge in [-0.3, -0.25) is 4.79 Å². The lowest BCUT2D eigenvalue weighted by Gasteiger charge is -2.25. The molecule has 0 aromatic heterocycles. The van der Waals surface area contributed by atoms with Crippen LogP contribution in [0, 0.1) is 0 Å². The van der Waals surface area contributed by atoms with Gasteiger partial charge in [0.05, 0.1) is 5.75 Å². The Bertz CT molecular complexity index is 497. The summed E-state index contributed by atoms with van der Waals surface area (Å²) >= 11 is 1.74. The van der Waals surface area contributed by atoms with Crippen LogP contribution in [-0.2, 0) is 11.3 Å². The normalized spacial score (nSPS) is 15.2. The second-order valence-electron chi connectivity index (χ2n) is 7.55. The predicted molar refractivity (Wildman–Crippen MR) is 96.3 cm³/mol. The third-order valence-electron chi connectivity index (χ3n) is 3.94. The number of carbonyl (C=O) groups is 1. The van der Waals surface area contributed by atoms with Crippen molar-refractivity contribution >= 4 is 17.7 Å². The molecule has 0 heterocycles. The fourth-order valence-electron chi connectivity index (χ4n) is 2.37. The minimum absolute atomic E-state index is 0.143. The monoisotopic (exact) mass is 319 g/mol. The largest absolute Gasteiger partial charge is 0.335 e. The van der Waals surface area contributed by atoms with Crippen LogP contribution in [0.1, 0.15) is 64.5 Å². The fraction of sp³-hybridized carbons (Fsp3) is 0.632. The molecule has 2 nitrogen and oxygen atoms in total. The van der Waals surface area contributed by atoms with Crippen LogP contribution in [0.15, 0.2) is 24.3 Å². The highest BCUT2D eigenvalue weighted by Crippen LogP contribution is 2.31. The highest BCUT2D eigenvalue weighted by Gasteiger charge is 2.32. The summed E-state index contributed by atoms with van der Waals surface area (Å²) in [5.41, 5.74) is 2.60. The third kappa shape index (κ3) is 5.35. The predicted octanol–water partition coefficient (Wildman–Crippen LogP) is 4.83. The highest BCUT2D eigenvalue weighted by atomic mass is 32.2. The van der Waals surface area contributed by atoms with E-state index in [2.05, 4.69) is 63.8 Å². The Morgan fingerprint density at radius 3 is 2.27 bits per heavy atom. The Hall–Kier alpha value is -0.960. The van der Waals surface area contributed by atoms with Crippen LogP contribution in [-0.4, -0.2) is 27.3 Å². The summed E-state index contributed by atoms with van der Waals surface area (Å²) < 4.78 is 0.143. The number of nitrogens with zero attached hydrogens (tertiary/aromatic N) is 1. The lowest BCUT2D eigenvalue weighted by molar-refractivity contribution is -0.129. The van der Waals surface area contributed by atoms with Crippen LogP contribution >= 0.6 is 11.8 Å². The topological polar surface area (TPSA) is 20.3 Å². The van der Waals surface area contributed by atoms with Gasteiger partial charge >= 0.3 is 0 Å². The second-order valence-corrected chi connectivity index (χ2v) is 9.35. The van der Waals surface area contributed by atoms with Gasteiger partial charge < -0.3 is 4.90 Å². The van der Waals surface area contributed by atoms with Gasteiger partial charge in [-0.1, -0.05) is 58.9 Å². The Morgan fingerprint density at radius 1 is 1.23 bits per heavy atom. The van der Waals surface area contributed by atoms with Crippen LogP contribution in [0.25, 0.3) is 0 Å². The van der Waals surface area contributed by atoms with Crippen LogP contribution < -0.4 is 0 Å². The van der Waals surface area contributed by atoms with Gasteiger partial charge in [0, 0.05) is 17.3 Å². The summed E-state index contributed by atoms with van der Waals surface area (Å²) in [4.78, 5) is 14.6. The standard InChI is InChI=1S/C19H29NOS/c1-14(2)16-8-6-15(7-9-16)12-20(17-10-11-17)18(21)13-22-19(3,4)5/h6-9,14,17H,10-13H2,1-5H3.